The quantitative estimate of drug-likeness (QED) is 0.348. The maximum Gasteiger partial charge on any atom is 0.147 e. The average molecular weight is 407 g/mol. The van der Waals surface area contributed by atoms with Crippen LogP contribution in [-0.4, -0.2) is 10.3 Å². The van der Waals surface area contributed by atoms with E-state index in [1.807, 2.05) is 23.9 Å². The predicted molar refractivity (Wildman–Crippen MR) is 114 cm³/mol. The fourth-order valence-corrected chi connectivity index (χ4v) is 4.85. The van der Waals surface area contributed by atoms with E-state index in [0.717, 1.165) is 57.0 Å². The topological polar surface area (TPSA) is 52.1 Å². The van der Waals surface area contributed by atoms with Gasteiger partial charge in [0, 0.05) is 34.8 Å². The number of nitrogens with zero attached hydrogens (tertiary/aromatic N) is 2. The largest absolute Gasteiger partial charge is 0.360 e. The molecule has 4 nitrogen and oxygen atoms in total. The third kappa shape index (κ3) is 3.88. The van der Waals surface area contributed by atoms with Crippen molar-refractivity contribution in [2.45, 2.75) is 23.0 Å². The van der Waals surface area contributed by atoms with E-state index in [1.165, 1.54) is 11.1 Å². The molecule has 2 aromatic heterocycles. The Morgan fingerprint density at radius 1 is 0.571 bits per heavy atom. The average Bonchev–Trinajstić information content (AvgIpc) is 3.39. The third-order valence-corrected chi connectivity index (χ3v) is 6.70. The van der Waals surface area contributed by atoms with Crippen molar-refractivity contribution in [3.63, 3.8) is 0 Å². The molecule has 6 heterocycles. The Morgan fingerprint density at radius 2 is 1.00 bits per heavy atom. The van der Waals surface area contributed by atoms with Crippen LogP contribution in [0, 0.1) is 0 Å². The lowest BCUT2D eigenvalue weighted by molar-refractivity contribution is 0.394. The van der Waals surface area contributed by atoms with Crippen LogP contribution in [0.25, 0.3) is 22.5 Å². The molecule has 0 saturated heterocycles. The molecule has 2 aromatic carbocycles. The van der Waals surface area contributed by atoms with Crippen LogP contribution in [-0.2, 0) is 23.0 Å². The first-order valence-electron chi connectivity index (χ1n) is 9.09. The van der Waals surface area contributed by atoms with Crippen molar-refractivity contribution < 1.29 is 9.05 Å². The summed E-state index contributed by atoms with van der Waals surface area (Å²) in [5.74, 6) is 5.18. The molecule has 0 spiro atoms. The summed E-state index contributed by atoms with van der Waals surface area (Å²) >= 11 is 3.64. The highest BCUT2D eigenvalue weighted by molar-refractivity contribution is 7.97. The molecule has 4 aromatic rings. The van der Waals surface area contributed by atoms with E-state index in [1.54, 1.807) is 11.8 Å². The molecule has 4 aliphatic rings. The first-order chi connectivity index (χ1) is 13.8. The van der Waals surface area contributed by atoms with Crippen molar-refractivity contribution >= 4 is 23.5 Å². The Balaban J connectivity index is 1.43. The number of hydrogen-bond acceptors (Lipinski definition) is 6. The Hall–Kier alpha value is -2.44. The van der Waals surface area contributed by atoms with Gasteiger partial charge in [-0.15, -0.1) is 11.8 Å². The summed E-state index contributed by atoms with van der Waals surface area (Å²) in [6, 6.07) is 21.2. The summed E-state index contributed by atoms with van der Waals surface area (Å²) in [6.07, 6.45) is 0. The molecule has 28 heavy (non-hydrogen) atoms. The maximum absolute atomic E-state index is 5.50. The minimum Gasteiger partial charge on any atom is -0.360 e. The summed E-state index contributed by atoms with van der Waals surface area (Å²) in [4.78, 5) is 0. The maximum atomic E-state index is 5.50. The number of hydrogen-bond donors (Lipinski definition) is 0. The van der Waals surface area contributed by atoms with Crippen LogP contribution < -0.4 is 0 Å². The van der Waals surface area contributed by atoms with E-state index in [2.05, 4.69) is 58.8 Å². The van der Waals surface area contributed by atoms with Crippen LogP contribution in [0.1, 0.15) is 22.6 Å². The van der Waals surface area contributed by atoms with E-state index in [-0.39, 0.29) is 0 Å². The second-order valence-electron chi connectivity index (χ2n) is 6.74. The van der Waals surface area contributed by atoms with Crippen LogP contribution in [0.5, 0.6) is 0 Å². The van der Waals surface area contributed by atoms with Crippen molar-refractivity contribution in [1.82, 2.24) is 10.3 Å². The first kappa shape index (κ1) is 17.6. The molecular weight excluding hydrogens is 388 g/mol. The SMILES string of the molecule is c1cc2ccc1CSCc1ccc(cc1)-c1cc(on1)CSCc1cc-2no1. The number of thioether (sulfide) groups is 2. The smallest absolute Gasteiger partial charge is 0.147 e. The summed E-state index contributed by atoms with van der Waals surface area (Å²) < 4.78 is 11.0. The Kier molecular flexibility index (Phi) is 4.97. The van der Waals surface area contributed by atoms with Crippen LogP contribution in [0.3, 0.4) is 0 Å². The van der Waals surface area contributed by atoms with Crippen LogP contribution >= 0.6 is 23.5 Å². The molecule has 0 atom stereocenters. The lowest BCUT2D eigenvalue weighted by Crippen LogP contribution is -1.85. The van der Waals surface area contributed by atoms with Gasteiger partial charge in [0.2, 0.25) is 0 Å². The van der Waals surface area contributed by atoms with Gasteiger partial charge in [-0.25, -0.2) is 0 Å². The van der Waals surface area contributed by atoms with Crippen LogP contribution in [0.15, 0.2) is 69.7 Å². The van der Waals surface area contributed by atoms with E-state index in [9.17, 15) is 0 Å². The molecule has 140 valence electrons. The minimum atomic E-state index is 0.743. The lowest BCUT2D eigenvalue weighted by atomic mass is 10.1. The highest BCUT2D eigenvalue weighted by Crippen LogP contribution is 2.27. The monoisotopic (exact) mass is 406 g/mol. The molecular formula is C22H18N2O2S2. The molecule has 0 radical (unpaired) electrons. The van der Waals surface area contributed by atoms with Gasteiger partial charge in [-0.3, -0.25) is 0 Å². The van der Waals surface area contributed by atoms with Gasteiger partial charge in [-0.2, -0.15) is 11.8 Å². The van der Waals surface area contributed by atoms with Crippen molar-refractivity contribution in [2.24, 2.45) is 0 Å². The van der Waals surface area contributed by atoms with Crippen LogP contribution in [0.2, 0.25) is 0 Å². The molecule has 6 heteroatoms. The van der Waals surface area contributed by atoms with Crippen molar-refractivity contribution in [1.29, 1.82) is 0 Å². The van der Waals surface area contributed by atoms with Gasteiger partial charge in [-0.05, 0) is 11.1 Å². The fraction of sp³-hybridized carbons (Fsp3) is 0.182. The zero-order valence-electron chi connectivity index (χ0n) is 15.1. The molecule has 0 fully saturated rings. The van der Waals surface area contributed by atoms with E-state index in [4.69, 9.17) is 9.05 Å². The summed E-state index contributed by atoms with van der Waals surface area (Å²) in [7, 11) is 0. The molecule has 4 aliphatic heterocycles. The summed E-state index contributed by atoms with van der Waals surface area (Å²) in [5, 5.41) is 8.44. The van der Waals surface area contributed by atoms with E-state index < -0.39 is 0 Å². The number of aromatic nitrogens is 2. The molecule has 8 bridgehead atoms. The predicted octanol–water partition coefficient (Wildman–Crippen LogP) is 6.18. The molecule has 0 unspecified atom stereocenters. The van der Waals surface area contributed by atoms with Crippen molar-refractivity contribution in [3.8, 4) is 22.5 Å². The number of rotatable bonds is 0. The third-order valence-electron chi connectivity index (χ3n) is 4.64. The molecule has 0 amide bonds. The summed E-state index contributed by atoms with van der Waals surface area (Å²) in [6.45, 7) is 0. The fourth-order valence-electron chi connectivity index (χ4n) is 3.12. The molecule has 8 rings (SSSR count). The number of benzene rings is 2. The van der Waals surface area contributed by atoms with E-state index >= 15 is 0 Å². The van der Waals surface area contributed by atoms with E-state index in [0.29, 0.717) is 0 Å². The highest BCUT2D eigenvalue weighted by atomic mass is 32.2. The Bertz CT molecular complexity index is 983. The molecule has 0 N–H and O–H groups in total. The summed E-state index contributed by atoms with van der Waals surface area (Å²) in [5.41, 5.74) is 6.55. The second-order valence-corrected chi connectivity index (χ2v) is 8.71. The van der Waals surface area contributed by atoms with Gasteiger partial charge in [-0.1, -0.05) is 58.8 Å². The molecule has 0 saturated carbocycles. The Morgan fingerprint density at radius 3 is 1.46 bits per heavy atom. The van der Waals surface area contributed by atoms with Crippen LogP contribution in [0.4, 0.5) is 0 Å². The van der Waals surface area contributed by atoms with Crippen molar-refractivity contribution in [2.75, 3.05) is 0 Å². The zero-order chi connectivity index (χ0) is 18.8. The van der Waals surface area contributed by atoms with Crippen molar-refractivity contribution in [3.05, 3.63) is 83.3 Å². The van der Waals surface area contributed by atoms with Gasteiger partial charge in [0.05, 0.1) is 11.5 Å². The lowest BCUT2D eigenvalue weighted by Gasteiger charge is -2.04. The normalized spacial score (nSPS) is 14.3. The van der Waals surface area contributed by atoms with Gasteiger partial charge < -0.3 is 9.05 Å². The van der Waals surface area contributed by atoms with Gasteiger partial charge in [0.25, 0.3) is 0 Å². The minimum absolute atomic E-state index is 0.743. The Labute approximate surface area is 171 Å². The highest BCUT2D eigenvalue weighted by Gasteiger charge is 2.10. The van der Waals surface area contributed by atoms with Gasteiger partial charge in [0.1, 0.15) is 22.9 Å². The standard InChI is InChI=1S/C22H18N2O2S2/c1-5-17-6-2-15(1)11-27-12-16-3-7-18(8-4-16)22-10-20(26-24-22)14-28-13-19-9-21(17)23-25-19/h1-10H,11-14H2. The second kappa shape index (κ2) is 7.89. The van der Waals surface area contributed by atoms with Gasteiger partial charge in [0.15, 0.2) is 0 Å². The first-order valence-corrected chi connectivity index (χ1v) is 11.4. The van der Waals surface area contributed by atoms with Gasteiger partial charge >= 0.3 is 0 Å². The zero-order valence-corrected chi connectivity index (χ0v) is 16.8. The molecule has 0 aliphatic carbocycles.